The van der Waals surface area contributed by atoms with Gasteiger partial charge in [0, 0.05) is 6.08 Å². The Bertz CT molecular complexity index is 477. The zero-order valence-corrected chi connectivity index (χ0v) is 11.9. The molecule has 0 aliphatic rings. The second kappa shape index (κ2) is 8.15. The van der Waals surface area contributed by atoms with Gasteiger partial charge >= 0.3 is 5.97 Å². The zero-order chi connectivity index (χ0) is 15.0. The average molecular weight is 275 g/mol. The smallest absolute Gasteiger partial charge is 0.326 e. The highest BCUT2D eigenvalue weighted by Gasteiger charge is 2.17. The Morgan fingerprint density at radius 1 is 1.25 bits per heavy atom. The lowest BCUT2D eigenvalue weighted by Gasteiger charge is -2.11. The van der Waals surface area contributed by atoms with E-state index >= 15 is 0 Å². The van der Waals surface area contributed by atoms with Crippen molar-refractivity contribution in [3.05, 3.63) is 41.5 Å². The summed E-state index contributed by atoms with van der Waals surface area (Å²) in [5, 5.41) is 11.4. The Balaban J connectivity index is 2.59. The standard InChI is InChI=1S/C16H21NO3/c1-3-5-14(16(19)20)17-15(18)11-10-13-8-6-12(4-2)7-9-13/h6-11,14H,3-5H2,1-2H3,(H,17,18)(H,19,20)/b11-10+/t14-/m0/s1. The third kappa shape index (κ3) is 5.26. The number of amides is 1. The van der Waals surface area contributed by atoms with Crippen LogP contribution in [0.2, 0.25) is 0 Å². The number of carbonyl (C=O) groups excluding carboxylic acids is 1. The SMILES string of the molecule is CCC[C@H](NC(=O)/C=C/c1ccc(CC)cc1)C(=O)O. The first kappa shape index (κ1) is 16.0. The average Bonchev–Trinajstić information content (AvgIpc) is 2.45. The van der Waals surface area contributed by atoms with Gasteiger partial charge in [-0.25, -0.2) is 4.79 Å². The number of carboxylic acids is 1. The molecule has 4 nitrogen and oxygen atoms in total. The zero-order valence-electron chi connectivity index (χ0n) is 11.9. The third-order valence-electron chi connectivity index (χ3n) is 3.01. The van der Waals surface area contributed by atoms with Gasteiger partial charge < -0.3 is 10.4 Å². The fraction of sp³-hybridized carbons (Fsp3) is 0.375. The van der Waals surface area contributed by atoms with Crippen molar-refractivity contribution in [1.29, 1.82) is 0 Å². The molecular weight excluding hydrogens is 254 g/mol. The van der Waals surface area contributed by atoms with E-state index in [9.17, 15) is 9.59 Å². The molecule has 20 heavy (non-hydrogen) atoms. The highest BCUT2D eigenvalue weighted by atomic mass is 16.4. The van der Waals surface area contributed by atoms with Gasteiger partial charge in [0.05, 0.1) is 0 Å². The minimum Gasteiger partial charge on any atom is -0.480 e. The second-order valence-electron chi connectivity index (χ2n) is 4.62. The number of carbonyl (C=O) groups is 2. The molecule has 0 saturated heterocycles. The van der Waals surface area contributed by atoms with Crippen LogP contribution >= 0.6 is 0 Å². The van der Waals surface area contributed by atoms with Crippen molar-refractivity contribution in [3.8, 4) is 0 Å². The number of aliphatic carboxylic acids is 1. The molecule has 0 fully saturated rings. The Morgan fingerprint density at radius 3 is 2.40 bits per heavy atom. The summed E-state index contributed by atoms with van der Waals surface area (Å²) in [6.45, 7) is 3.96. The molecule has 1 aromatic rings. The van der Waals surface area contributed by atoms with Crippen LogP contribution in [0.1, 0.15) is 37.8 Å². The summed E-state index contributed by atoms with van der Waals surface area (Å²) in [5.74, 6) is -1.38. The summed E-state index contributed by atoms with van der Waals surface area (Å²) >= 11 is 0. The van der Waals surface area contributed by atoms with Crippen LogP contribution in [0.25, 0.3) is 6.08 Å². The fourth-order valence-corrected chi connectivity index (χ4v) is 1.80. The summed E-state index contributed by atoms with van der Waals surface area (Å²) in [4.78, 5) is 22.6. The van der Waals surface area contributed by atoms with Crippen LogP contribution < -0.4 is 5.32 Å². The molecule has 0 unspecified atom stereocenters. The van der Waals surface area contributed by atoms with Gasteiger partial charge in [-0.05, 0) is 30.0 Å². The lowest BCUT2D eigenvalue weighted by atomic mass is 10.1. The van der Waals surface area contributed by atoms with Gasteiger partial charge in [-0.1, -0.05) is 44.5 Å². The minimum atomic E-state index is -0.999. The maximum absolute atomic E-state index is 11.7. The van der Waals surface area contributed by atoms with Gasteiger partial charge in [0.15, 0.2) is 0 Å². The van der Waals surface area contributed by atoms with Crippen LogP contribution in [0.4, 0.5) is 0 Å². The first-order chi connectivity index (χ1) is 9.56. The van der Waals surface area contributed by atoms with Crippen LogP contribution in [-0.4, -0.2) is 23.0 Å². The van der Waals surface area contributed by atoms with Gasteiger partial charge in [-0.15, -0.1) is 0 Å². The Morgan fingerprint density at radius 2 is 1.90 bits per heavy atom. The van der Waals surface area contributed by atoms with Crippen LogP contribution in [0.3, 0.4) is 0 Å². The summed E-state index contributed by atoms with van der Waals surface area (Å²) < 4.78 is 0. The predicted octanol–water partition coefficient (Wildman–Crippen LogP) is 2.63. The number of hydrogen-bond donors (Lipinski definition) is 2. The molecule has 0 aliphatic carbocycles. The van der Waals surface area contributed by atoms with Crippen molar-refractivity contribution < 1.29 is 14.7 Å². The van der Waals surface area contributed by atoms with E-state index in [1.807, 2.05) is 31.2 Å². The number of aryl methyl sites for hydroxylation is 1. The summed E-state index contributed by atoms with van der Waals surface area (Å²) in [5.41, 5.74) is 2.15. The molecular formula is C16H21NO3. The quantitative estimate of drug-likeness (QED) is 0.752. The number of rotatable bonds is 7. The normalized spacial score (nSPS) is 12.3. The van der Waals surface area contributed by atoms with E-state index in [4.69, 9.17) is 5.11 Å². The maximum Gasteiger partial charge on any atom is 0.326 e. The lowest BCUT2D eigenvalue weighted by molar-refractivity contribution is -0.141. The number of hydrogen-bond acceptors (Lipinski definition) is 2. The number of benzene rings is 1. The molecule has 1 amide bonds. The number of nitrogens with one attached hydrogen (secondary N) is 1. The van der Waals surface area contributed by atoms with Gasteiger partial charge in [-0.2, -0.15) is 0 Å². The van der Waals surface area contributed by atoms with Crippen molar-refractivity contribution >= 4 is 18.0 Å². The Kier molecular flexibility index (Phi) is 6.50. The van der Waals surface area contributed by atoms with Crippen LogP contribution in [0.5, 0.6) is 0 Å². The number of carboxylic acid groups (broad SMARTS) is 1. The molecule has 0 saturated carbocycles. The molecule has 0 radical (unpaired) electrons. The van der Waals surface area contributed by atoms with E-state index in [1.54, 1.807) is 6.08 Å². The van der Waals surface area contributed by atoms with Crippen molar-refractivity contribution in [3.63, 3.8) is 0 Å². The topological polar surface area (TPSA) is 66.4 Å². The van der Waals surface area contributed by atoms with E-state index < -0.39 is 12.0 Å². The van der Waals surface area contributed by atoms with Crippen molar-refractivity contribution in [2.45, 2.75) is 39.2 Å². The van der Waals surface area contributed by atoms with E-state index in [2.05, 4.69) is 12.2 Å². The van der Waals surface area contributed by atoms with Gasteiger partial charge in [0.1, 0.15) is 6.04 Å². The first-order valence-electron chi connectivity index (χ1n) is 6.87. The molecule has 0 spiro atoms. The van der Waals surface area contributed by atoms with Crippen LogP contribution in [-0.2, 0) is 16.0 Å². The summed E-state index contributed by atoms with van der Waals surface area (Å²) in [6, 6.07) is 7.07. The van der Waals surface area contributed by atoms with Crippen molar-refractivity contribution in [2.75, 3.05) is 0 Å². The molecule has 0 bridgehead atoms. The molecule has 1 aromatic carbocycles. The molecule has 1 atom stereocenters. The Labute approximate surface area is 119 Å². The van der Waals surface area contributed by atoms with Crippen molar-refractivity contribution in [2.24, 2.45) is 0 Å². The molecule has 0 aromatic heterocycles. The van der Waals surface area contributed by atoms with E-state index in [1.165, 1.54) is 11.6 Å². The Hall–Kier alpha value is -2.10. The fourth-order valence-electron chi connectivity index (χ4n) is 1.80. The highest BCUT2D eigenvalue weighted by Crippen LogP contribution is 2.06. The van der Waals surface area contributed by atoms with Crippen molar-refractivity contribution in [1.82, 2.24) is 5.32 Å². The predicted molar refractivity (Wildman–Crippen MR) is 79.3 cm³/mol. The molecule has 0 aliphatic heterocycles. The molecule has 2 N–H and O–H groups in total. The third-order valence-corrected chi connectivity index (χ3v) is 3.01. The first-order valence-corrected chi connectivity index (χ1v) is 6.87. The minimum absolute atomic E-state index is 0.384. The molecule has 0 heterocycles. The van der Waals surface area contributed by atoms with Gasteiger partial charge in [0.2, 0.25) is 5.91 Å². The maximum atomic E-state index is 11.7. The highest BCUT2D eigenvalue weighted by molar-refractivity contribution is 5.94. The van der Waals surface area contributed by atoms with Crippen LogP contribution in [0.15, 0.2) is 30.3 Å². The monoisotopic (exact) mass is 275 g/mol. The van der Waals surface area contributed by atoms with E-state index in [0.29, 0.717) is 12.8 Å². The molecule has 4 heteroatoms. The largest absolute Gasteiger partial charge is 0.480 e. The van der Waals surface area contributed by atoms with Gasteiger partial charge in [-0.3, -0.25) is 4.79 Å². The molecule has 108 valence electrons. The van der Waals surface area contributed by atoms with E-state index in [-0.39, 0.29) is 5.91 Å². The van der Waals surface area contributed by atoms with E-state index in [0.717, 1.165) is 12.0 Å². The second-order valence-corrected chi connectivity index (χ2v) is 4.62. The summed E-state index contributed by atoms with van der Waals surface area (Å²) in [6.07, 6.45) is 5.16. The molecule has 1 rings (SSSR count). The summed E-state index contributed by atoms with van der Waals surface area (Å²) in [7, 11) is 0. The lowest BCUT2D eigenvalue weighted by Crippen LogP contribution is -2.39. The van der Waals surface area contributed by atoms with Gasteiger partial charge in [0.25, 0.3) is 0 Å². The van der Waals surface area contributed by atoms with Crippen LogP contribution in [0, 0.1) is 0 Å².